The van der Waals surface area contributed by atoms with Crippen LogP contribution in [0.25, 0.3) is 0 Å². The lowest BCUT2D eigenvalue weighted by Gasteiger charge is -2.78. The van der Waals surface area contributed by atoms with Gasteiger partial charge in [-0.3, -0.25) is 9.59 Å². The Morgan fingerprint density at radius 3 is 1.50 bits per heavy atom. The van der Waals surface area contributed by atoms with E-state index in [-0.39, 0.29) is 11.8 Å². The summed E-state index contributed by atoms with van der Waals surface area (Å²) < 4.78 is 0. The second-order valence-corrected chi connectivity index (χ2v) is 4.72. The van der Waals surface area contributed by atoms with Gasteiger partial charge in [-0.1, -0.05) is 13.8 Å². The zero-order valence-electron chi connectivity index (χ0n) is 7.82. The zero-order valence-corrected chi connectivity index (χ0v) is 8.58. The molecule has 0 unspecified atom stereocenters. The molecule has 0 aromatic carbocycles. The lowest BCUT2D eigenvalue weighted by Crippen LogP contribution is -2.89. The molecule has 4 nitrogen and oxygen atoms in total. The van der Waals surface area contributed by atoms with Crippen LogP contribution < -0.4 is 0 Å². The molecule has 0 spiro atoms. The highest BCUT2D eigenvalue weighted by atomic mass is 35.5. The molecule has 2 N–H and O–H groups in total. The summed E-state index contributed by atoms with van der Waals surface area (Å²) in [5, 5.41) is 17.4. The van der Waals surface area contributed by atoms with Crippen LogP contribution in [0.4, 0.5) is 0 Å². The summed E-state index contributed by atoms with van der Waals surface area (Å²) in [5.41, 5.74) is -2.03. The number of hydrogen-bond acceptors (Lipinski definition) is 2. The maximum Gasteiger partial charge on any atom is 0.311 e. The summed E-state index contributed by atoms with van der Waals surface area (Å²) in [5.74, 6) is -2.69. The predicted octanol–water partition coefficient (Wildman–Crippen LogP) is 1.04. The molecule has 0 aromatic heterocycles. The van der Waals surface area contributed by atoms with Crippen molar-refractivity contribution in [3.63, 3.8) is 0 Å². The number of rotatable bonds is 2. The second kappa shape index (κ2) is 2.24. The van der Waals surface area contributed by atoms with E-state index in [0.717, 1.165) is 0 Å². The molecule has 2 bridgehead atoms. The topological polar surface area (TPSA) is 74.6 Å². The number of hydrogen-bond donors (Lipinski definition) is 2. The Bertz CT molecular complexity index is 278. The number of carboxylic acids is 2. The lowest BCUT2D eigenvalue weighted by molar-refractivity contribution is -0.302. The summed E-state index contributed by atoms with van der Waals surface area (Å²) in [4.78, 5) is 22.1. The molecule has 0 amide bonds. The first-order valence-corrected chi connectivity index (χ1v) is 4.90. The smallest absolute Gasteiger partial charge is 0.311 e. The van der Waals surface area contributed by atoms with Gasteiger partial charge in [0, 0.05) is 0 Å². The standard InChI is InChI=1S/C9H11ClO4/c1-3-8(6(11)12)4(2)9(3,5(8)10)7(13)14/h3-5H,1-2H3,(H,11,12)(H,13,14). The Hall–Kier alpha value is -0.770. The van der Waals surface area contributed by atoms with Crippen molar-refractivity contribution in [2.45, 2.75) is 19.2 Å². The van der Waals surface area contributed by atoms with Gasteiger partial charge < -0.3 is 10.2 Å². The minimum absolute atomic E-state index is 0.373. The molecule has 5 heteroatoms. The summed E-state index contributed by atoms with van der Waals surface area (Å²) in [6.45, 7) is 3.31. The molecule has 0 heterocycles. The monoisotopic (exact) mass is 218 g/mol. The van der Waals surface area contributed by atoms with Gasteiger partial charge >= 0.3 is 11.9 Å². The zero-order chi connectivity index (χ0) is 10.9. The van der Waals surface area contributed by atoms with Crippen molar-refractivity contribution in [3.8, 4) is 0 Å². The van der Waals surface area contributed by atoms with Gasteiger partial charge in [-0.2, -0.15) is 0 Å². The SMILES string of the molecule is CC1C2(C(=O)O)C(C)C1(C(=O)O)C2Cl. The van der Waals surface area contributed by atoms with Gasteiger partial charge in [0.15, 0.2) is 0 Å². The van der Waals surface area contributed by atoms with Crippen LogP contribution in [0, 0.1) is 22.7 Å². The van der Waals surface area contributed by atoms with Crippen LogP contribution in [0.15, 0.2) is 0 Å². The highest BCUT2D eigenvalue weighted by Gasteiger charge is 2.91. The van der Waals surface area contributed by atoms with E-state index in [0.29, 0.717) is 0 Å². The van der Waals surface area contributed by atoms with Crippen LogP contribution in [0.2, 0.25) is 0 Å². The summed E-state index contributed by atoms with van der Waals surface area (Å²) >= 11 is 5.88. The molecule has 3 saturated carbocycles. The summed E-state index contributed by atoms with van der Waals surface area (Å²) in [7, 11) is 0. The Kier molecular flexibility index (Phi) is 1.56. The molecule has 78 valence electrons. The molecule has 0 saturated heterocycles. The third kappa shape index (κ3) is 0.527. The third-order valence-corrected chi connectivity index (χ3v) is 5.17. The van der Waals surface area contributed by atoms with Crippen molar-refractivity contribution < 1.29 is 19.8 Å². The Morgan fingerprint density at radius 1 is 1.07 bits per heavy atom. The van der Waals surface area contributed by atoms with Gasteiger partial charge in [-0.15, -0.1) is 11.6 Å². The van der Waals surface area contributed by atoms with Gasteiger partial charge in [0.2, 0.25) is 0 Å². The van der Waals surface area contributed by atoms with Crippen LogP contribution in [-0.2, 0) is 9.59 Å². The van der Waals surface area contributed by atoms with Crippen LogP contribution in [0.5, 0.6) is 0 Å². The van der Waals surface area contributed by atoms with Crippen LogP contribution >= 0.6 is 11.6 Å². The van der Waals surface area contributed by atoms with E-state index < -0.39 is 28.1 Å². The average molecular weight is 219 g/mol. The fourth-order valence-electron chi connectivity index (χ4n) is 3.48. The maximum absolute atomic E-state index is 11.1. The predicted molar refractivity (Wildman–Crippen MR) is 48.1 cm³/mol. The van der Waals surface area contributed by atoms with Crippen LogP contribution in [-0.4, -0.2) is 27.5 Å². The van der Waals surface area contributed by atoms with Crippen molar-refractivity contribution in [2.75, 3.05) is 0 Å². The Balaban J connectivity index is 2.42. The lowest BCUT2D eigenvalue weighted by atomic mass is 9.24. The molecule has 0 radical (unpaired) electrons. The van der Waals surface area contributed by atoms with Gasteiger partial charge in [-0.25, -0.2) is 0 Å². The first kappa shape index (κ1) is 9.77. The normalized spacial score (nSPS) is 54.4. The van der Waals surface area contributed by atoms with Crippen molar-refractivity contribution in [3.05, 3.63) is 0 Å². The molecule has 3 aliphatic rings. The van der Waals surface area contributed by atoms with E-state index in [1.165, 1.54) is 0 Å². The van der Waals surface area contributed by atoms with Gasteiger partial charge in [-0.05, 0) is 11.8 Å². The Labute approximate surface area is 85.9 Å². The fourth-order valence-corrected chi connectivity index (χ4v) is 4.43. The fraction of sp³-hybridized carbons (Fsp3) is 0.778. The minimum atomic E-state index is -1.01. The molecular formula is C9H11ClO4. The first-order chi connectivity index (χ1) is 6.35. The van der Waals surface area contributed by atoms with Crippen molar-refractivity contribution >= 4 is 23.5 Å². The number of carbonyl (C=O) groups is 2. The van der Waals surface area contributed by atoms with E-state index in [1.54, 1.807) is 13.8 Å². The molecule has 14 heavy (non-hydrogen) atoms. The largest absolute Gasteiger partial charge is 0.481 e. The van der Waals surface area contributed by atoms with Crippen molar-refractivity contribution in [1.29, 1.82) is 0 Å². The number of halogens is 1. The third-order valence-electron chi connectivity index (χ3n) is 4.45. The highest BCUT2D eigenvalue weighted by molar-refractivity contribution is 6.28. The molecular weight excluding hydrogens is 208 g/mol. The molecule has 3 rings (SSSR count). The van der Waals surface area contributed by atoms with Crippen LogP contribution in [0.1, 0.15) is 13.8 Å². The van der Waals surface area contributed by atoms with E-state index in [9.17, 15) is 9.59 Å². The molecule has 0 aromatic rings. The first-order valence-electron chi connectivity index (χ1n) is 4.46. The number of alkyl halides is 1. The van der Waals surface area contributed by atoms with E-state index in [1.807, 2.05) is 0 Å². The molecule has 0 atom stereocenters. The molecule has 3 fully saturated rings. The van der Waals surface area contributed by atoms with E-state index in [4.69, 9.17) is 21.8 Å². The minimum Gasteiger partial charge on any atom is -0.481 e. The van der Waals surface area contributed by atoms with Gasteiger partial charge in [0.25, 0.3) is 0 Å². The maximum atomic E-state index is 11.1. The summed E-state index contributed by atoms with van der Waals surface area (Å²) in [6, 6.07) is 0. The van der Waals surface area contributed by atoms with Gasteiger partial charge in [0.1, 0.15) is 0 Å². The highest BCUT2D eigenvalue weighted by Crippen LogP contribution is 2.82. The van der Waals surface area contributed by atoms with E-state index in [2.05, 4.69) is 0 Å². The van der Waals surface area contributed by atoms with E-state index >= 15 is 0 Å². The Morgan fingerprint density at radius 2 is 1.36 bits per heavy atom. The second-order valence-electron chi connectivity index (χ2n) is 4.28. The van der Waals surface area contributed by atoms with Crippen molar-refractivity contribution in [1.82, 2.24) is 0 Å². The number of carboxylic acid groups (broad SMARTS) is 2. The number of aliphatic carboxylic acids is 2. The van der Waals surface area contributed by atoms with Gasteiger partial charge in [0.05, 0.1) is 16.2 Å². The average Bonchev–Trinajstić information content (AvgIpc) is 2.04. The quantitative estimate of drug-likeness (QED) is 0.679. The van der Waals surface area contributed by atoms with Crippen LogP contribution in [0.3, 0.4) is 0 Å². The van der Waals surface area contributed by atoms with Crippen molar-refractivity contribution in [2.24, 2.45) is 22.7 Å². The summed E-state index contributed by atoms with van der Waals surface area (Å²) in [6.07, 6.45) is 0. The molecule has 0 aliphatic heterocycles. The molecule has 3 aliphatic carbocycles.